The van der Waals surface area contributed by atoms with Gasteiger partial charge in [0, 0.05) is 5.37 Å². The highest BCUT2D eigenvalue weighted by Crippen LogP contribution is 1.76. The summed E-state index contributed by atoms with van der Waals surface area (Å²) in [5.74, 6) is -0.0509. The minimum atomic E-state index is -0.0509. The summed E-state index contributed by atoms with van der Waals surface area (Å²) < 4.78 is 0. The average Bonchev–Trinajstić information content (AvgIpc) is 1.65. The Balaban J connectivity index is 3.23. The van der Waals surface area contributed by atoms with E-state index in [0.29, 0.717) is 5.33 Å². The van der Waals surface area contributed by atoms with Gasteiger partial charge in [0.25, 0.3) is 0 Å². The predicted octanol–water partition coefficient (Wildman–Crippen LogP) is 0.950. The molecule has 0 atom stereocenters. The third kappa shape index (κ3) is 2.48. The van der Waals surface area contributed by atoms with Gasteiger partial charge in [-0.25, -0.2) is 0 Å². The molecule has 0 amide bonds. The minimum absolute atomic E-state index is 0.0509. The van der Waals surface area contributed by atoms with Gasteiger partial charge in [0.2, 0.25) is 0 Å². The second-order valence-electron chi connectivity index (χ2n) is 0.718. The van der Waals surface area contributed by atoms with E-state index < -0.39 is 0 Å². The largest absolute Gasteiger partial charge is 0.293 e. The van der Waals surface area contributed by atoms with Crippen molar-refractivity contribution in [2.45, 2.75) is 0 Å². The van der Waals surface area contributed by atoms with Crippen LogP contribution in [0.15, 0.2) is 0 Å². The van der Waals surface area contributed by atoms with Crippen LogP contribution in [0.1, 0.15) is 0 Å². The Hall–Kier alpha value is 0.240. The Morgan fingerprint density at radius 1 is 2.00 bits per heavy atom. The molecule has 0 rings (SSSR count). The van der Waals surface area contributed by atoms with E-state index in [1.165, 1.54) is 0 Å². The molecular weight excluding hydrogens is 164 g/mol. The predicted molar refractivity (Wildman–Crippen MR) is 32.5 cm³/mol. The molecule has 0 fully saturated rings. The zero-order valence-corrected chi connectivity index (χ0v) is 5.38. The number of hydrogen-bond donors (Lipinski definition) is 0. The van der Waals surface area contributed by atoms with Crippen molar-refractivity contribution in [1.29, 1.82) is 0 Å². The van der Waals surface area contributed by atoms with Crippen LogP contribution in [0, 0.1) is 0 Å². The van der Waals surface area contributed by atoms with Crippen molar-refractivity contribution >= 4 is 39.3 Å². The first-order valence-electron chi connectivity index (χ1n) is 1.35. The number of thiocarbonyl (C=S) groups is 1. The Bertz CT molecular complexity index is 71.2. The molecular formula is C3H3BrOS. The molecule has 0 aromatic carbocycles. The maximum absolute atomic E-state index is 9.97. The standard InChI is InChI=1S/C3H3BrOS/c4-1-3(5)2-6/h2H,1H2. The molecule has 6 heavy (non-hydrogen) atoms. The third-order valence-corrected chi connectivity index (χ3v) is 1.08. The average molecular weight is 167 g/mol. The maximum Gasteiger partial charge on any atom is 0.176 e. The van der Waals surface area contributed by atoms with Crippen LogP contribution in [0.3, 0.4) is 0 Å². The van der Waals surface area contributed by atoms with E-state index in [4.69, 9.17) is 0 Å². The Morgan fingerprint density at radius 2 is 2.50 bits per heavy atom. The lowest BCUT2D eigenvalue weighted by Crippen LogP contribution is -1.95. The van der Waals surface area contributed by atoms with E-state index >= 15 is 0 Å². The van der Waals surface area contributed by atoms with Gasteiger partial charge < -0.3 is 0 Å². The molecule has 0 saturated carbocycles. The lowest BCUT2D eigenvalue weighted by Gasteiger charge is -1.72. The Morgan fingerprint density at radius 3 is 2.50 bits per heavy atom. The second-order valence-corrected chi connectivity index (χ2v) is 1.51. The monoisotopic (exact) mass is 166 g/mol. The first kappa shape index (κ1) is 6.24. The summed E-state index contributed by atoms with van der Waals surface area (Å²) in [4.78, 5) is 9.97. The Kier molecular flexibility index (Phi) is 3.57. The van der Waals surface area contributed by atoms with E-state index in [0.717, 1.165) is 5.37 Å². The molecule has 0 heterocycles. The third-order valence-electron chi connectivity index (χ3n) is 0.263. The van der Waals surface area contributed by atoms with Gasteiger partial charge in [0.05, 0.1) is 5.33 Å². The molecule has 34 valence electrons. The molecule has 0 N–H and O–H groups in total. The summed E-state index contributed by atoms with van der Waals surface area (Å²) >= 11 is 7.20. The van der Waals surface area contributed by atoms with Crippen LogP contribution in [0.4, 0.5) is 0 Å². The molecule has 0 aliphatic heterocycles. The SMILES string of the molecule is O=C(C=S)CBr. The first-order valence-corrected chi connectivity index (χ1v) is 2.94. The quantitative estimate of drug-likeness (QED) is 0.449. The number of alkyl halides is 1. The smallest absolute Gasteiger partial charge is 0.176 e. The molecule has 0 unspecified atom stereocenters. The van der Waals surface area contributed by atoms with Crippen LogP contribution < -0.4 is 0 Å². The maximum atomic E-state index is 9.97. The van der Waals surface area contributed by atoms with Crippen LogP contribution in [-0.2, 0) is 4.79 Å². The molecule has 3 heteroatoms. The van der Waals surface area contributed by atoms with E-state index in [-0.39, 0.29) is 5.78 Å². The van der Waals surface area contributed by atoms with E-state index in [1.54, 1.807) is 0 Å². The molecule has 0 aliphatic rings. The Labute approximate surface area is 49.9 Å². The van der Waals surface area contributed by atoms with Gasteiger partial charge in [-0.15, -0.1) is 0 Å². The van der Waals surface area contributed by atoms with Crippen LogP contribution in [-0.4, -0.2) is 16.5 Å². The fraction of sp³-hybridized carbons (Fsp3) is 0.333. The minimum Gasteiger partial charge on any atom is -0.293 e. The summed E-state index contributed by atoms with van der Waals surface area (Å²) in [6, 6.07) is 0. The highest BCUT2D eigenvalue weighted by atomic mass is 79.9. The highest BCUT2D eigenvalue weighted by molar-refractivity contribution is 9.09. The number of hydrogen-bond acceptors (Lipinski definition) is 2. The first-order chi connectivity index (χ1) is 2.81. The molecule has 0 spiro atoms. The number of carbonyl (C=O) groups is 1. The second kappa shape index (κ2) is 3.43. The van der Waals surface area contributed by atoms with Gasteiger partial charge in [-0.05, 0) is 0 Å². The number of halogens is 1. The van der Waals surface area contributed by atoms with Crippen LogP contribution >= 0.6 is 28.1 Å². The molecule has 0 saturated heterocycles. The zero-order valence-electron chi connectivity index (χ0n) is 2.98. The van der Waals surface area contributed by atoms with Crippen molar-refractivity contribution in [3.8, 4) is 0 Å². The molecule has 0 aromatic heterocycles. The normalized spacial score (nSPS) is 7.50. The molecule has 1 nitrogen and oxygen atoms in total. The van der Waals surface area contributed by atoms with Crippen molar-refractivity contribution in [3.05, 3.63) is 0 Å². The van der Waals surface area contributed by atoms with Crippen LogP contribution in [0.5, 0.6) is 0 Å². The molecule has 0 bridgehead atoms. The van der Waals surface area contributed by atoms with Crippen molar-refractivity contribution in [2.75, 3.05) is 5.33 Å². The molecule has 0 aromatic rings. The topological polar surface area (TPSA) is 17.1 Å². The number of Topliss-reactive ketones (excluding diaryl/α,β-unsaturated/α-hetero) is 1. The van der Waals surface area contributed by atoms with E-state index in [2.05, 4.69) is 28.1 Å². The van der Waals surface area contributed by atoms with Crippen molar-refractivity contribution < 1.29 is 4.79 Å². The summed E-state index contributed by atoms with van der Waals surface area (Å²) in [7, 11) is 0. The number of rotatable bonds is 2. The van der Waals surface area contributed by atoms with Gasteiger partial charge in [-0.1, -0.05) is 28.1 Å². The summed E-state index contributed by atoms with van der Waals surface area (Å²) in [5, 5.41) is 1.46. The summed E-state index contributed by atoms with van der Waals surface area (Å²) in [5.41, 5.74) is 0. The summed E-state index contributed by atoms with van der Waals surface area (Å²) in [6.07, 6.45) is 0. The fourth-order valence-electron chi connectivity index (χ4n) is 0.0315. The lowest BCUT2D eigenvalue weighted by atomic mass is 10.5. The summed E-state index contributed by atoms with van der Waals surface area (Å²) in [6.45, 7) is 0. The number of carbonyl (C=O) groups excluding carboxylic acids is 1. The van der Waals surface area contributed by atoms with Crippen molar-refractivity contribution in [1.82, 2.24) is 0 Å². The van der Waals surface area contributed by atoms with Gasteiger partial charge >= 0.3 is 0 Å². The van der Waals surface area contributed by atoms with Gasteiger partial charge in [-0.3, -0.25) is 4.79 Å². The molecule has 0 aliphatic carbocycles. The fourth-order valence-corrected chi connectivity index (χ4v) is 0.491. The van der Waals surface area contributed by atoms with Gasteiger partial charge in [-0.2, -0.15) is 0 Å². The van der Waals surface area contributed by atoms with Gasteiger partial charge in [0.1, 0.15) is 0 Å². The van der Waals surface area contributed by atoms with E-state index in [1.807, 2.05) is 0 Å². The number of ketones is 1. The van der Waals surface area contributed by atoms with Gasteiger partial charge in [0.15, 0.2) is 5.78 Å². The van der Waals surface area contributed by atoms with Crippen molar-refractivity contribution in [2.24, 2.45) is 0 Å². The van der Waals surface area contributed by atoms with E-state index in [9.17, 15) is 4.79 Å². The molecule has 0 radical (unpaired) electrons. The van der Waals surface area contributed by atoms with Crippen LogP contribution in [0.25, 0.3) is 0 Å². The highest BCUT2D eigenvalue weighted by Gasteiger charge is 1.85. The van der Waals surface area contributed by atoms with Crippen molar-refractivity contribution in [3.63, 3.8) is 0 Å². The zero-order chi connectivity index (χ0) is 4.99. The van der Waals surface area contributed by atoms with Crippen LogP contribution in [0.2, 0.25) is 0 Å². The lowest BCUT2D eigenvalue weighted by molar-refractivity contribution is -0.110.